The van der Waals surface area contributed by atoms with E-state index in [0.29, 0.717) is 5.92 Å². The van der Waals surface area contributed by atoms with E-state index in [0.717, 1.165) is 6.42 Å². The fourth-order valence-corrected chi connectivity index (χ4v) is 2.23. The number of hydrogen-bond acceptors (Lipinski definition) is 1. The lowest BCUT2D eigenvalue weighted by molar-refractivity contribution is 0.554. The molecule has 1 unspecified atom stereocenters. The van der Waals surface area contributed by atoms with Crippen molar-refractivity contribution in [2.75, 3.05) is 0 Å². The molecule has 0 fully saturated rings. The molecule has 0 aliphatic heterocycles. The molecule has 2 atom stereocenters. The van der Waals surface area contributed by atoms with Crippen molar-refractivity contribution >= 4 is 10.8 Å². The highest BCUT2D eigenvalue weighted by molar-refractivity contribution is 5.86. The second kappa shape index (κ2) is 4.67. The number of nitrogens with two attached hydrogens (primary N) is 1. The Balaban J connectivity index is 2.52. The second-order valence-electron chi connectivity index (χ2n) is 4.43. The first kappa shape index (κ1) is 11.2. The maximum atomic E-state index is 6.14. The van der Waals surface area contributed by atoms with Crippen molar-refractivity contribution in [2.45, 2.75) is 32.2 Å². The summed E-state index contributed by atoms with van der Waals surface area (Å²) in [6, 6.07) is 15.2. The predicted octanol–water partition coefficient (Wildman–Crippen LogP) is 3.68. The van der Waals surface area contributed by atoms with Gasteiger partial charge in [-0.05, 0) is 28.7 Å². The predicted molar refractivity (Wildman–Crippen MR) is 70.6 cm³/mol. The van der Waals surface area contributed by atoms with Crippen LogP contribution in [-0.2, 0) is 0 Å². The summed E-state index contributed by atoms with van der Waals surface area (Å²) in [5, 5.41) is 2.64. The first-order valence-corrected chi connectivity index (χ1v) is 5.97. The minimum atomic E-state index is 0.241. The maximum Gasteiger partial charge on any atom is 0.0103 e. The summed E-state index contributed by atoms with van der Waals surface area (Å²) in [4.78, 5) is 0. The molecule has 0 bridgehead atoms. The lowest BCUT2D eigenvalue weighted by Crippen LogP contribution is -2.25. The first-order chi connectivity index (χ1) is 7.74. The Morgan fingerprint density at radius 3 is 2.50 bits per heavy atom. The Labute approximate surface area is 97.3 Å². The van der Waals surface area contributed by atoms with Crippen LogP contribution in [0.1, 0.15) is 31.7 Å². The van der Waals surface area contributed by atoms with Crippen molar-refractivity contribution in [3.63, 3.8) is 0 Å². The van der Waals surface area contributed by atoms with Gasteiger partial charge in [0.1, 0.15) is 0 Å². The molecule has 0 saturated heterocycles. The van der Waals surface area contributed by atoms with Gasteiger partial charge < -0.3 is 5.73 Å². The maximum absolute atomic E-state index is 6.14. The second-order valence-corrected chi connectivity index (χ2v) is 4.43. The van der Waals surface area contributed by atoms with Gasteiger partial charge in [-0.1, -0.05) is 56.3 Å². The molecule has 0 aliphatic carbocycles. The zero-order valence-corrected chi connectivity index (χ0v) is 9.98. The summed E-state index contributed by atoms with van der Waals surface area (Å²) >= 11 is 0. The van der Waals surface area contributed by atoms with Gasteiger partial charge in [0.05, 0.1) is 0 Å². The summed E-state index contributed by atoms with van der Waals surface area (Å²) in [7, 11) is 0. The van der Waals surface area contributed by atoms with Crippen molar-refractivity contribution in [3.05, 3.63) is 48.0 Å². The zero-order valence-electron chi connectivity index (χ0n) is 9.98. The van der Waals surface area contributed by atoms with Gasteiger partial charge in [0.2, 0.25) is 0 Å². The van der Waals surface area contributed by atoms with Gasteiger partial charge >= 0.3 is 0 Å². The van der Waals surface area contributed by atoms with Crippen LogP contribution in [0, 0.1) is 0 Å². The number of benzene rings is 2. The fraction of sp³-hybridized carbons (Fsp3) is 0.333. The standard InChI is InChI=1S/C15H19N/c1-3-15(16)11(2)13-10-6-8-12-7-4-5-9-14(12)13/h4-11,15H,3,16H2,1-2H3/t11-,15?/m1/s1. The van der Waals surface area contributed by atoms with Gasteiger partial charge in [0.25, 0.3) is 0 Å². The number of hydrogen-bond donors (Lipinski definition) is 1. The number of rotatable bonds is 3. The van der Waals surface area contributed by atoms with Gasteiger partial charge in [-0.2, -0.15) is 0 Å². The highest BCUT2D eigenvalue weighted by Crippen LogP contribution is 2.27. The van der Waals surface area contributed by atoms with Crippen LogP contribution in [0.3, 0.4) is 0 Å². The normalized spacial score (nSPS) is 14.9. The minimum absolute atomic E-state index is 0.241. The molecule has 1 nitrogen and oxygen atoms in total. The highest BCUT2D eigenvalue weighted by Gasteiger charge is 2.14. The quantitative estimate of drug-likeness (QED) is 0.827. The Morgan fingerprint density at radius 2 is 1.75 bits per heavy atom. The third kappa shape index (κ3) is 1.96. The molecule has 1 heteroatoms. The zero-order chi connectivity index (χ0) is 11.5. The third-order valence-corrected chi connectivity index (χ3v) is 3.43. The van der Waals surface area contributed by atoms with E-state index in [1.807, 2.05) is 0 Å². The summed E-state index contributed by atoms with van der Waals surface area (Å²) in [5.41, 5.74) is 7.51. The summed E-state index contributed by atoms with van der Waals surface area (Å²) in [6.45, 7) is 4.36. The van der Waals surface area contributed by atoms with E-state index in [1.165, 1.54) is 16.3 Å². The average Bonchev–Trinajstić information content (AvgIpc) is 2.36. The van der Waals surface area contributed by atoms with E-state index >= 15 is 0 Å². The molecule has 0 aliphatic rings. The van der Waals surface area contributed by atoms with E-state index in [9.17, 15) is 0 Å². The van der Waals surface area contributed by atoms with E-state index in [-0.39, 0.29) is 6.04 Å². The Hall–Kier alpha value is -1.34. The Morgan fingerprint density at radius 1 is 1.06 bits per heavy atom. The van der Waals surface area contributed by atoms with Crippen molar-refractivity contribution in [2.24, 2.45) is 5.73 Å². The summed E-state index contributed by atoms with van der Waals surface area (Å²) in [6.07, 6.45) is 1.02. The minimum Gasteiger partial charge on any atom is -0.327 e. The molecule has 0 amide bonds. The van der Waals surface area contributed by atoms with Crippen molar-refractivity contribution in [1.29, 1.82) is 0 Å². The lowest BCUT2D eigenvalue weighted by atomic mass is 9.89. The summed E-state index contributed by atoms with van der Waals surface area (Å²) in [5.74, 6) is 0.413. The molecule has 0 saturated carbocycles. The van der Waals surface area contributed by atoms with Gasteiger partial charge in [-0.15, -0.1) is 0 Å². The molecule has 0 radical (unpaired) electrons. The van der Waals surface area contributed by atoms with Crippen LogP contribution in [0.15, 0.2) is 42.5 Å². The number of fused-ring (bicyclic) bond motifs is 1. The van der Waals surface area contributed by atoms with Gasteiger partial charge in [0.15, 0.2) is 0 Å². The third-order valence-electron chi connectivity index (χ3n) is 3.43. The average molecular weight is 213 g/mol. The molecule has 2 aromatic rings. The van der Waals surface area contributed by atoms with Crippen LogP contribution in [0.2, 0.25) is 0 Å². The van der Waals surface area contributed by atoms with Crippen LogP contribution >= 0.6 is 0 Å². The monoisotopic (exact) mass is 213 g/mol. The molecule has 16 heavy (non-hydrogen) atoms. The molecule has 0 heterocycles. The largest absolute Gasteiger partial charge is 0.327 e. The molecular formula is C15H19N. The topological polar surface area (TPSA) is 26.0 Å². The molecular weight excluding hydrogens is 194 g/mol. The van der Waals surface area contributed by atoms with E-state index in [4.69, 9.17) is 5.73 Å². The SMILES string of the molecule is CCC(N)[C@H](C)c1cccc2ccccc12. The van der Waals surface area contributed by atoms with E-state index in [1.54, 1.807) is 0 Å². The molecule has 0 aromatic heterocycles. The van der Waals surface area contributed by atoms with Crippen molar-refractivity contribution in [1.82, 2.24) is 0 Å². The van der Waals surface area contributed by atoms with Crippen LogP contribution in [-0.4, -0.2) is 6.04 Å². The lowest BCUT2D eigenvalue weighted by Gasteiger charge is -2.20. The van der Waals surface area contributed by atoms with Crippen LogP contribution in [0.25, 0.3) is 10.8 Å². The molecule has 84 valence electrons. The van der Waals surface area contributed by atoms with Crippen LogP contribution in [0.5, 0.6) is 0 Å². The smallest absolute Gasteiger partial charge is 0.0103 e. The van der Waals surface area contributed by atoms with Crippen molar-refractivity contribution in [3.8, 4) is 0 Å². The molecule has 0 spiro atoms. The van der Waals surface area contributed by atoms with E-state index in [2.05, 4.69) is 56.3 Å². The Kier molecular flexibility index (Phi) is 3.25. The highest BCUT2D eigenvalue weighted by atomic mass is 14.6. The van der Waals surface area contributed by atoms with Gasteiger partial charge in [-0.3, -0.25) is 0 Å². The molecule has 2 N–H and O–H groups in total. The van der Waals surface area contributed by atoms with Gasteiger partial charge in [0, 0.05) is 6.04 Å². The van der Waals surface area contributed by atoms with Crippen LogP contribution < -0.4 is 5.73 Å². The first-order valence-electron chi connectivity index (χ1n) is 5.97. The summed E-state index contributed by atoms with van der Waals surface area (Å²) < 4.78 is 0. The van der Waals surface area contributed by atoms with E-state index < -0.39 is 0 Å². The molecule has 2 aromatic carbocycles. The van der Waals surface area contributed by atoms with Crippen molar-refractivity contribution < 1.29 is 0 Å². The Bertz CT molecular complexity index is 470. The van der Waals surface area contributed by atoms with Crippen LogP contribution in [0.4, 0.5) is 0 Å². The molecule has 2 rings (SSSR count). The fourth-order valence-electron chi connectivity index (χ4n) is 2.23. The van der Waals surface area contributed by atoms with Gasteiger partial charge in [-0.25, -0.2) is 0 Å².